The van der Waals surface area contributed by atoms with Crippen molar-refractivity contribution in [3.63, 3.8) is 0 Å². The maximum absolute atomic E-state index is 12.0. The van der Waals surface area contributed by atoms with Crippen LogP contribution in [0.15, 0.2) is 54.6 Å². The maximum atomic E-state index is 12.0. The van der Waals surface area contributed by atoms with Crippen LogP contribution < -0.4 is 15.8 Å². The zero-order chi connectivity index (χ0) is 31.7. The molecule has 8 N–H and O–H groups in total. The predicted octanol–water partition coefficient (Wildman–Crippen LogP) is 0.415. The molecular formula is C27H40N4O9S2. The minimum absolute atomic E-state index is 0.139. The third-order valence-electron chi connectivity index (χ3n) is 5.99. The molecule has 2 amide bonds. The summed E-state index contributed by atoms with van der Waals surface area (Å²) in [6, 6.07) is 13.5. The van der Waals surface area contributed by atoms with Crippen molar-refractivity contribution in [1.82, 2.24) is 14.9 Å². The smallest absolute Gasteiger partial charge is 0.333 e. The van der Waals surface area contributed by atoms with Crippen LogP contribution in [0.4, 0.5) is 0 Å². The van der Waals surface area contributed by atoms with Gasteiger partial charge in [0.05, 0.1) is 25.2 Å². The Morgan fingerprint density at radius 1 is 1.02 bits per heavy atom. The number of carbonyl (C=O) groups excluding carboxylic acids is 2. The molecule has 0 aromatic heterocycles. The lowest BCUT2D eigenvalue weighted by molar-refractivity contribution is -0.142. The number of aliphatic hydroxyl groups excluding tert-OH is 1. The number of hydrogen-bond donors (Lipinski definition) is 7. The number of aliphatic carboxylic acids is 1. The number of nitrogens with zero attached hydrogens (tertiary/aromatic N) is 1. The third kappa shape index (κ3) is 14.6. The number of carbonyl (C=O) groups is 3. The van der Waals surface area contributed by atoms with Crippen molar-refractivity contribution in [2.45, 2.75) is 44.3 Å². The van der Waals surface area contributed by atoms with Crippen LogP contribution >= 0.6 is 11.8 Å². The van der Waals surface area contributed by atoms with Gasteiger partial charge >= 0.3 is 16.3 Å². The second-order valence-corrected chi connectivity index (χ2v) is 11.4. The fourth-order valence-corrected chi connectivity index (χ4v) is 4.58. The Balaban J connectivity index is 0.000000420. The average molecular weight is 629 g/mol. The van der Waals surface area contributed by atoms with Gasteiger partial charge in [-0.25, -0.2) is 4.79 Å². The van der Waals surface area contributed by atoms with Crippen molar-refractivity contribution in [3.05, 3.63) is 65.7 Å². The predicted molar refractivity (Wildman–Crippen MR) is 160 cm³/mol. The number of thioether (sulfide) groups is 1. The molecule has 0 bridgehead atoms. The number of phenolic OH excluding ortho intramolecular Hbond substituents is 1. The van der Waals surface area contributed by atoms with E-state index in [0.717, 1.165) is 11.1 Å². The molecule has 0 spiro atoms. The van der Waals surface area contributed by atoms with Crippen LogP contribution in [0.1, 0.15) is 24.5 Å². The highest BCUT2D eigenvalue weighted by Crippen LogP contribution is 2.12. The van der Waals surface area contributed by atoms with Gasteiger partial charge in [-0.15, -0.1) is 0 Å². The maximum Gasteiger partial charge on any atom is 0.333 e. The number of nitrogens with one attached hydrogen (secondary N) is 2. The van der Waals surface area contributed by atoms with Gasteiger partial charge in [-0.3, -0.25) is 14.1 Å². The first-order valence-corrected chi connectivity index (χ1v) is 15.9. The number of hydrogen-bond acceptors (Lipinski definition) is 9. The molecule has 0 heterocycles. The van der Waals surface area contributed by atoms with Crippen molar-refractivity contribution >= 4 is 39.8 Å². The van der Waals surface area contributed by atoms with Crippen LogP contribution in [0.2, 0.25) is 0 Å². The fourth-order valence-electron chi connectivity index (χ4n) is 3.80. The van der Waals surface area contributed by atoms with Gasteiger partial charge in [0.15, 0.2) is 0 Å². The number of amides is 2. The first kappa shape index (κ1) is 36.8. The minimum Gasteiger partial charge on any atom is -0.508 e. The van der Waals surface area contributed by atoms with Gasteiger partial charge in [0, 0.05) is 6.54 Å². The van der Waals surface area contributed by atoms with Crippen molar-refractivity contribution < 1.29 is 42.7 Å². The molecule has 2 aromatic carbocycles. The second kappa shape index (κ2) is 19.1. The summed E-state index contributed by atoms with van der Waals surface area (Å²) in [6.07, 6.45) is 2.97. The number of aliphatic hydroxyl groups is 1. The van der Waals surface area contributed by atoms with E-state index < -0.39 is 52.8 Å². The Hall–Kier alpha value is -3.21. The number of benzene rings is 2. The molecule has 0 unspecified atom stereocenters. The van der Waals surface area contributed by atoms with E-state index in [9.17, 15) is 33.0 Å². The Labute approximate surface area is 250 Å². The van der Waals surface area contributed by atoms with Crippen molar-refractivity contribution in [1.29, 1.82) is 0 Å². The summed E-state index contributed by atoms with van der Waals surface area (Å²) >= 11 is 1.52. The lowest BCUT2D eigenvalue weighted by atomic mass is 10.1. The molecule has 42 heavy (non-hydrogen) atoms. The van der Waals surface area contributed by atoms with Crippen LogP contribution in [0.5, 0.6) is 5.75 Å². The topological polar surface area (TPSA) is 220 Å². The second-order valence-electron chi connectivity index (χ2n) is 9.16. The van der Waals surface area contributed by atoms with Gasteiger partial charge < -0.3 is 31.3 Å². The first-order chi connectivity index (χ1) is 19.8. The van der Waals surface area contributed by atoms with Crippen molar-refractivity contribution in [3.8, 4) is 5.75 Å². The Kier molecular flexibility index (Phi) is 16.7. The van der Waals surface area contributed by atoms with E-state index in [4.69, 9.17) is 15.4 Å². The summed E-state index contributed by atoms with van der Waals surface area (Å²) in [5.41, 5.74) is 7.55. The molecular weight excluding hydrogens is 588 g/mol. The molecule has 234 valence electrons. The largest absolute Gasteiger partial charge is 0.508 e. The number of carboxylic acids is 1. The summed E-state index contributed by atoms with van der Waals surface area (Å²) in [5, 5.41) is 30.2. The van der Waals surface area contributed by atoms with E-state index >= 15 is 0 Å². The number of nitrogens with two attached hydrogens (primary N) is 1. The number of aromatic hydroxyl groups is 1. The lowest BCUT2D eigenvalue weighted by Crippen LogP contribution is -2.49. The van der Waals surface area contributed by atoms with Crippen LogP contribution in [0, 0.1) is 0 Å². The lowest BCUT2D eigenvalue weighted by Gasteiger charge is -2.29. The van der Waals surface area contributed by atoms with E-state index in [0.29, 0.717) is 25.1 Å². The van der Waals surface area contributed by atoms with E-state index in [2.05, 4.69) is 5.32 Å². The highest BCUT2D eigenvalue weighted by molar-refractivity contribution is 7.98. The molecule has 0 fully saturated rings. The Morgan fingerprint density at radius 3 is 2.12 bits per heavy atom. The Bertz CT molecular complexity index is 1220. The van der Waals surface area contributed by atoms with Crippen LogP contribution in [0.25, 0.3) is 0 Å². The molecule has 0 saturated heterocycles. The minimum atomic E-state index is -4.41. The van der Waals surface area contributed by atoms with Crippen LogP contribution in [-0.2, 0) is 37.5 Å². The zero-order valence-corrected chi connectivity index (χ0v) is 25.2. The molecule has 2 aromatic rings. The van der Waals surface area contributed by atoms with Gasteiger partial charge in [-0.1, -0.05) is 42.5 Å². The number of likely N-dealkylation sites (N-methyl/N-ethyl adjacent to an activating group) is 1. The highest BCUT2D eigenvalue weighted by atomic mass is 32.2. The average Bonchev–Trinajstić information content (AvgIpc) is 2.95. The zero-order valence-electron chi connectivity index (χ0n) is 23.5. The third-order valence-corrected chi connectivity index (χ3v) is 7.14. The van der Waals surface area contributed by atoms with E-state index in [1.165, 1.54) is 28.8 Å². The SMILES string of the molecule is CCN(C(=O)CNS(=O)(=O)O)[C@H](CO)Cc1ccccc1.CSCC[C@@H](NC(=O)[C@@H](N)Cc1ccc(O)cc1)C(=O)O. The van der Waals surface area contributed by atoms with Gasteiger partial charge in [0.2, 0.25) is 11.8 Å². The first-order valence-electron chi connectivity index (χ1n) is 13.0. The van der Waals surface area contributed by atoms with Gasteiger partial charge in [-0.05, 0) is 61.5 Å². The van der Waals surface area contributed by atoms with E-state index in [1.54, 1.807) is 23.8 Å². The monoisotopic (exact) mass is 628 g/mol. The number of rotatable bonds is 16. The molecule has 0 aliphatic heterocycles. The van der Waals surface area contributed by atoms with E-state index in [-0.39, 0.29) is 18.8 Å². The number of phenols is 1. The number of carboxylic acid groups (broad SMARTS) is 1. The molecule has 15 heteroatoms. The molecule has 3 atom stereocenters. The molecule has 0 radical (unpaired) electrons. The van der Waals surface area contributed by atoms with Crippen molar-refractivity contribution in [2.24, 2.45) is 5.73 Å². The summed E-state index contributed by atoms with van der Waals surface area (Å²) < 4.78 is 31.5. The van der Waals surface area contributed by atoms with Gasteiger partial charge in [-0.2, -0.15) is 24.9 Å². The summed E-state index contributed by atoms with van der Waals surface area (Å²) in [5.74, 6) is -1.28. The van der Waals surface area contributed by atoms with Gasteiger partial charge in [0.1, 0.15) is 11.8 Å². The molecule has 13 nitrogen and oxygen atoms in total. The molecule has 0 saturated carbocycles. The van der Waals surface area contributed by atoms with Crippen molar-refractivity contribution in [2.75, 3.05) is 31.7 Å². The molecule has 2 rings (SSSR count). The Morgan fingerprint density at radius 2 is 1.62 bits per heavy atom. The summed E-state index contributed by atoms with van der Waals surface area (Å²) in [4.78, 5) is 36.4. The highest BCUT2D eigenvalue weighted by Gasteiger charge is 2.24. The normalized spacial score (nSPS) is 13.2. The molecule has 0 aliphatic carbocycles. The summed E-state index contributed by atoms with van der Waals surface area (Å²) in [7, 11) is -4.41. The van der Waals surface area contributed by atoms with E-state index in [1.807, 2.05) is 36.6 Å². The fraction of sp³-hybridized carbons (Fsp3) is 0.444. The standard InChI is InChI=1S/C14H20N2O4S.C13H20N2O5S/c1-21-7-6-12(14(19)20)16-13(18)11(15)8-9-2-4-10(17)5-3-9;1-2-15(13(17)9-14-21(18,19)20)12(10-16)8-11-6-4-3-5-7-11/h2-5,11-12,17H,6-8,15H2,1H3,(H,16,18)(H,19,20);3-7,12,14,16H,2,8-10H2,1H3,(H,18,19,20)/t11-,12+;12-/m00/s1. The van der Waals surface area contributed by atoms with Gasteiger partial charge in [0.25, 0.3) is 0 Å². The molecule has 0 aliphatic rings. The quantitative estimate of drug-likeness (QED) is 0.126. The van der Waals surface area contributed by atoms with Crippen LogP contribution in [0.3, 0.4) is 0 Å². The van der Waals surface area contributed by atoms with Crippen LogP contribution in [-0.4, -0.2) is 101 Å². The summed E-state index contributed by atoms with van der Waals surface area (Å²) in [6.45, 7) is 1.28.